The number of aromatic hydroxyl groups is 1. The van der Waals surface area contributed by atoms with Gasteiger partial charge in [-0.25, -0.2) is 4.79 Å². The lowest BCUT2D eigenvalue weighted by atomic mass is 9.96. The zero-order valence-electron chi connectivity index (χ0n) is 10.8. The third-order valence-electron chi connectivity index (χ3n) is 3.42. The van der Waals surface area contributed by atoms with Gasteiger partial charge < -0.3 is 14.9 Å². The van der Waals surface area contributed by atoms with E-state index in [1.54, 1.807) is 24.3 Å². The lowest BCUT2D eigenvalue weighted by Gasteiger charge is -2.11. The Bertz CT molecular complexity index is 837. The van der Waals surface area contributed by atoms with Crippen LogP contribution in [0.5, 0.6) is 11.5 Å². The van der Waals surface area contributed by atoms with E-state index in [4.69, 9.17) is 4.74 Å². The zero-order chi connectivity index (χ0) is 14.3. The topological polar surface area (TPSA) is 66.8 Å². The van der Waals surface area contributed by atoms with Crippen LogP contribution in [-0.4, -0.2) is 23.3 Å². The first-order valence-electron chi connectivity index (χ1n) is 6.08. The summed E-state index contributed by atoms with van der Waals surface area (Å²) in [6, 6.07) is 12.4. The maximum Gasteiger partial charge on any atom is 0.340 e. The Balaban J connectivity index is 2.59. The first-order valence-corrected chi connectivity index (χ1v) is 6.08. The number of hydrogen-bond acceptors (Lipinski definition) is 3. The fraction of sp³-hybridized carbons (Fsp3) is 0.0625. The number of hydrogen-bond donors (Lipinski definition) is 2. The summed E-state index contributed by atoms with van der Waals surface area (Å²) >= 11 is 0. The Labute approximate surface area is 114 Å². The van der Waals surface area contributed by atoms with Gasteiger partial charge in [-0.05, 0) is 22.9 Å². The third-order valence-corrected chi connectivity index (χ3v) is 3.42. The molecule has 0 saturated heterocycles. The molecule has 0 amide bonds. The molecule has 0 bridgehead atoms. The molecule has 0 unspecified atom stereocenters. The Kier molecular flexibility index (Phi) is 2.71. The number of benzene rings is 3. The molecule has 4 heteroatoms. The highest BCUT2D eigenvalue weighted by molar-refractivity contribution is 6.19. The second-order valence-corrected chi connectivity index (χ2v) is 4.49. The van der Waals surface area contributed by atoms with Crippen LogP contribution in [0.1, 0.15) is 10.4 Å². The monoisotopic (exact) mass is 268 g/mol. The molecule has 0 fully saturated rings. The fourth-order valence-electron chi connectivity index (χ4n) is 2.50. The highest BCUT2D eigenvalue weighted by Gasteiger charge is 2.19. The number of carboxylic acid groups (broad SMARTS) is 1. The number of carbonyl (C=O) groups is 1. The van der Waals surface area contributed by atoms with Gasteiger partial charge in [0, 0.05) is 10.8 Å². The van der Waals surface area contributed by atoms with Gasteiger partial charge in [0.1, 0.15) is 17.1 Å². The molecular weight excluding hydrogens is 256 g/mol. The van der Waals surface area contributed by atoms with Crippen molar-refractivity contribution < 1.29 is 19.7 Å². The number of rotatable bonds is 2. The first kappa shape index (κ1) is 12.3. The Morgan fingerprint density at radius 1 is 1.00 bits per heavy atom. The van der Waals surface area contributed by atoms with E-state index in [1.807, 2.05) is 18.2 Å². The molecule has 3 aromatic carbocycles. The van der Waals surface area contributed by atoms with Gasteiger partial charge in [0.25, 0.3) is 0 Å². The van der Waals surface area contributed by atoms with Crippen LogP contribution >= 0.6 is 0 Å². The maximum absolute atomic E-state index is 11.5. The van der Waals surface area contributed by atoms with Gasteiger partial charge in [-0.3, -0.25) is 0 Å². The average Bonchev–Trinajstić information content (AvgIpc) is 2.46. The molecule has 0 aliphatic carbocycles. The molecular formula is C16H12O4. The number of ether oxygens (including phenoxy) is 1. The molecule has 2 N–H and O–H groups in total. The molecule has 0 aliphatic heterocycles. The van der Waals surface area contributed by atoms with Crippen molar-refractivity contribution in [2.45, 2.75) is 0 Å². The Morgan fingerprint density at radius 2 is 1.65 bits per heavy atom. The Hall–Kier alpha value is -2.75. The molecule has 0 heterocycles. The summed E-state index contributed by atoms with van der Waals surface area (Å²) in [5.74, 6) is -0.824. The van der Waals surface area contributed by atoms with Crippen molar-refractivity contribution in [1.29, 1.82) is 0 Å². The van der Waals surface area contributed by atoms with E-state index >= 15 is 0 Å². The molecule has 0 aromatic heterocycles. The van der Waals surface area contributed by atoms with Crippen molar-refractivity contribution in [3.63, 3.8) is 0 Å². The molecule has 20 heavy (non-hydrogen) atoms. The number of methoxy groups -OCH3 is 1. The molecule has 3 rings (SSSR count). The molecule has 3 aromatic rings. The van der Waals surface area contributed by atoms with Crippen LogP contribution in [0.2, 0.25) is 0 Å². The van der Waals surface area contributed by atoms with Gasteiger partial charge in [-0.1, -0.05) is 30.3 Å². The summed E-state index contributed by atoms with van der Waals surface area (Å²) in [5.41, 5.74) is -0.0994. The van der Waals surface area contributed by atoms with Crippen LogP contribution in [0.4, 0.5) is 0 Å². The summed E-state index contributed by atoms with van der Waals surface area (Å²) in [7, 11) is 1.52. The number of phenols is 1. The van der Waals surface area contributed by atoms with Gasteiger partial charge in [0.05, 0.1) is 7.11 Å². The highest BCUT2D eigenvalue weighted by atomic mass is 16.5. The number of carboxylic acids is 1. The second-order valence-electron chi connectivity index (χ2n) is 4.49. The SMILES string of the molecule is COc1ccc2c(c1)c(C(=O)O)c(O)c1ccccc12. The summed E-state index contributed by atoms with van der Waals surface area (Å²) in [6.07, 6.45) is 0. The smallest absolute Gasteiger partial charge is 0.340 e. The van der Waals surface area contributed by atoms with Gasteiger partial charge >= 0.3 is 5.97 Å². The van der Waals surface area contributed by atoms with Crippen molar-refractivity contribution in [2.75, 3.05) is 7.11 Å². The minimum Gasteiger partial charge on any atom is -0.506 e. The second kappa shape index (κ2) is 4.42. The predicted molar refractivity (Wildman–Crippen MR) is 76.6 cm³/mol. The molecule has 0 radical (unpaired) electrons. The summed E-state index contributed by atoms with van der Waals surface area (Å²) in [5, 5.41) is 22.2. The van der Waals surface area contributed by atoms with E-state index in [0.29, 0.717) is 16.5 Å². The van der Waals surface area contributed by atoms with Crippen LogP contribution in [0.25, 0.3) is 21.5 Å². The first-order chi connectivity index (χ1) is 9.63. The standard InChI is InChI=1S/C16H12O4/c1-20-9-6-7-11-10-4-2-3-5-12(10)15(17)14(16(18)19)13(11)8-9/h2-8,17H,1H3,(H,18,19). The van der Waals surface area contributed by atoms with Gasteiger partial charge in [0.2, 0.25) is 0 Å². The normalized spacial score (nSPS) is 10.8. The zero-order valence-corrected chi connectivity index (χ0v) is 10.8. The van der Waals surface area contributed by atoms with Crippen molar-refractivity contribution in [1.82, 2.24) is 0 Å². The number of aromatic carboxylic acids is 1. The van der Waals surface area contributed by atoms with Gasteiger partial charge in [0.15, 0.2) is 0 Å². The van der Waals surface area contributed by atoms with Crippen molar-refractivity contribution in [3.05, 3.63) is 48.0 Å². The van der Waals surface area contributed by atoms with Gasteiger partial charge in [-0.15, -0.1) is 0 Å². The third kappa shape index (κ3) is 1.66. The summed E-state index contributed by atoms with van der Waals surface area (Å²) in [4.78, 5) is 11.5. The van der Waals surface area contributed by atoms with Crippen LogP contribution in [0.3, 0.4) is 0 Å². The minimum atomic E-state index is -1.16. The molecule has 100 valence electrons. The molecule has 0 spiro atoms. The molecule has 0 saturated carbocycles. The summed E-state index contributed by atoms with van der Waals surface area (Å²) in [6.45, 7) is 0. The molecule has 4 nitrogen and oxygen atoms in total. The van der Waals surface area contributed by atoms with Crippen molar-refractivity contribution >= 4 is 27.5 Å². The van der Waals surface area contributed by atoms with E-state index in [-0.39, 0.29) is 11.3 Å². The van der Waals surface area contributed by atoms with E-state index < -0.39 is 5.97 Å². The van der Waals surface area contributed by atoms with Crippen LogP contribution in [-0.2, 0) is 0 Å². The van der Waals surface area contributed by atoms with E-state index in [9.17, 15) is 15.0 Å². The number of fused-ring (bicyclic) bond motifs is 3. The molecule has 0 aliphatic rings. The van der Waals surface area contributed by atoms with Crippen molar-refractivity contribution in [3.8, 4) is 11.5 Å². The van der Waals surface area contributed by atoms with Crippen LogP contribution < -0.4 is 4.74 Å². The minimum absolute atomic E-state index is 0.0994. The quantitative estimate of drug-likeness (QED) is 0.699. The highest BCUT2D eigenvalue weighted by Crippen LogP contribution is 2.38. The largest absolute Gasteiger partial charge is 0.506 e. The predicted octanol–water partition coefficient (Wildman–Crippen LogP) is 3.41. The van der Waals surface area contributed by atoms with Crippen LogP contribution in [0, 0.1) is 0 Å². The lowest BCUT2D eigenvalue weighted by molar-refractivity contribution is 0.0696. The Morgan fingerprint density at radius 3 is 2.30 bits per heavy atom. The van der Waals surface area contributed by atoms with Crippen molar-refractivity contribution in [2.24, 2.45) is 0 Å². The van der Waals surface area contributed by atoms with Crippen LogP contribution in [0.15, 0.2) is 42.5 Å². The van der Waals surface area contributed by atoms with E-state index in [0.717, 1.165) is 10.8 Å². The lowest BCUT2D eigenvalue weighted by Crippen LogP contribution is -1.99. The average molecular weight is 268 g/mol. The van der Waals surface area contributed by atoms with E-state index in [1.165, 1.54) is 7.11 Å². The molecule has 0 atom stereocenters. The van der Waals surface area contributed by atoms with E-state index in [2.05, 4.69) is 0 Å². The summed E-state index contributed by atoms with van der Waals surface area (Å²) < 4.78 is 5.13. The fourth-order valence-corrected chi connectivity index (χ4v) is 2.50. The van der Waals surface area contributed by atoms with Gasteiger partial charge in [-0.2, -0.15) is 0 Å². The maximum atomic E-state index is 11.5.